The summed E-state index contributed by atoms with van der Waals surface area (Å²) in [5.74, 6) is 0.539. The highest BCUT2D eigenvalue weighted by molar-refractivity contribution is 6.11. The van der Waals surface area contributed by atoms with Crippen molar-refractivity contribution in [2.45, 2.75) is 0 Å². The van der Waals surface area contributed by atoms with E-state index in [9.17, 15) is 14.9 Å². The van der Waals surface area contributed by atoms with Gasteiger partial charge in [-0.05, 0) is 42.0 Å². The number of hydrogen-bond acceptors (Lipinski definition) is 6. The van der Waals surface area contributed by atoms with Gasteiger partial charge in [0.25, 0.3) is 11.6 Å². The van der Waals surface area contributed by atoms with Gasteiger partial charge < -0.3 is 9.47 Å². The van der Waals surface area contributed by atoms with Gasteiger partial charge in [-0.1, -0.05) is 36.4 Å². The largest absolute Gasteiger partial charge is 0.493 e. The monoisotopic (exact) mass is 431 g/mol. The van der Waals surface area contributed by atoms with Crippen molar-refractivity contribution < 1.29 is 19.2 Å². The van der Waals surface area contributed by atoms with Crippen LogP contribution >= 0.6 is 0 Å². The molecule has 8 nitrogen and oxygen atoms in total. The molecule has 0 saturated heterocycles. The molecule has 1 amide bonds. The Balaban J connectivity index is 1.84. The minimum absolute atomic E-state index is 0.0151. The maximum absolute atomic E-state index is 12.6. The summed E-state index contributed by atoms with van der Waals surface area (Å²) in [5.41, 5.74) is 4.99. The normalized spacial score (nSPS) is 11.2. The average molecular weight is 431 g/mol. The molecule has 0 aliphatic rings. The molecule has 0 spiro atoms. The van der Waals surface area contributed by atoms with E-state index in [4.69, 9.17) is 9.47 Å². The quantitative estimate of drug-likeness (QED) is 0.322. The number of ether oxygens (including phenoxy) is 2. The van der Waals surface area contributed by atoms with Crippen LogP contribution in [0.2, 0.25) is 0 Å². The van der Waals surface area contributed by atoms with E-state index in [0.29, 0.717) is 22.8 Å². The molecule has 0 saturated carbocycles. The van der Waals surface area contributed by atoms with Gasteiger partial charge in [-0.15, -0.1) is 0 Å². The van der Waals surface area contributed by atoms with Crippen LogP contribution in [0, 0.1) is 10.1 Å². The van der Waals surface area contributed by atoms with Crippen LogP contribution in [-0.4, -0.2) is 30.8 Å². The van der Waals surface area contributed by atoms with Crippen LogP contribution in [0.15, 0.2) is 84.0 Å². The standard InChI is InChI=1S/C24H21N3O5/c1-31-22-15-11-19(16-23(22)32-2)24(28)26-25-21(18-6-4-3-5-7-18)14-10-17-8-12-20(13-9-17)27(29)30/h3-16H,1-2H3,(H,26,28)/b14-10+,25-21+. The summed E-state index contributed by atoms with van der Waals surface area (Å²) in [6.07, 6.45) is 3.49. The number of carbonyl (C=O) groups is 1. The molecular formula is C24H21N3O5. The Labute approximate surface area is 185 Å². The summed E-state index contributed by atoms with van der Waals surface area (Å²) in [6, 6.07) is 20.3. The van der Waals surface area contributed by atoms with E-state index in [-0.39, 0.29) is 5.69 Å². The predicted molar refractivity (Wildman–Crippen MR) is 122 cm³/mol. The summed E-state index contributed by atoms with van der Waals surface area (Å²) < 4.78 is 10.4. The van der Waals surface area contributed by atoms with Crippen molar-refractivity contribution in [1.29, 1.82) is 0 Å². The molecule has 3 aromatic rings. The molecule has 0 radical (unpaired) electrons. The van der Waals surface area contributed by atoms with Crippen molar-refractivity contribution in [2.75, 3.05) is 14.2 Å². The average Bonchev–Trinajstić information content (AvgIpc) is 2.84. The number of hydrogen-bond donors (Lipinski definition) is 1. The first-order chi connectivity index (χ1) is 15.5. The summed E-state index contributed by atoms with van der Waals surface area (Å²) in [4.78, 5) is 23.0. The minimum Gasteiger partial charge on any atom is -0.493 e. The highest BCUT2D eigenvalue weighted by atomic mass is 16.6. The summed E-state index contributed by atoms with van der Waals surface area (Å²) in [5, 5.41) is 15.1. The first-order valence-electron chi connectivity index (χ1n) is 9.60. The number of methoxy groups -OCH3 is 2. The zero-order chi connectivity index (χ0) is 22.9. The molecule has 0 aromatic heterocycles. The third-order valence-corrected chi connectivity index (χ3v) is 4.53. The Morgan fingerprint density at radius 3 is 2.25 bits per heavy atom. The number of amides is 1. The van der Waals surface area contributed by atoms with Crippen molar-refractivity contribution in [2.24, 2.45) is 5.10 Å². The van der Waals surface area contributed by atoms with Gasteiger partial charge in [0, 0.05) is 23.3 Å². The van der Waals surface area contributed by atoms with Gasteiger partial charge in [-0.3, -0.25) is 14.9 Å². The second-order valence-electron chi connectivity index (χ2n) is 6.56. The lowest BCUT2D eigenvalue weighted by atomic mass is 10.1. The van der Waals surface area contributed by atoms with E-state index in [1.54, 1.807) is 42.5 Å². The lowest BCUT2D eigenvalue weighted by Gasteiger charge is -2.09. The Morgan fingerprint density at radius 2 is 1.62 bits per heavy atom. The number of rotatable bonds is 8. The molecule has 32 heavy (non-hydrogen) atoms. The SMILES string of the molecule is COc1ccc(C(=O)N/N=C(\C=C\c2ccc([N+](=O)[O-])cc2)c2ccccc2)cc1OC. The maximum atomic E-state index is 12.6. The highest BCUT2D eigenvalue weighted by Gasteiger charge is 2.11. The minimum atomic E-state index is -0.450. The molecule has 8 heteroatoms. The number of nitro benzene ring substituents is 1. The molecule has 3 rings (SSSR count). The van der Waals surface area contributed by atoms with E-state index in [1.165, 1.54) is 26.4 Å². The van der Waals surface area contributed by atoms with Gasteiger partial charge >= 0.3 is 0 Å². The maximum Gasteiger partial charge on any atom is 0.271 e. The van der Waals surface area contributed by atoms with Crippen LogP contribution in [0.3, 0.4) is 0 Å². The summed E-state index contributed by atoms with van der Waals surface area (Å²) in [6.45, 7) is 0. The van der Waals surface area contributed by atoms with E-state index in [0.717, 1.165) is 11.1 Å². The molecule has 1 N–H and O–H groups in total. The van der Waals surface area contributed by atoms with Crippen LogP contribution in [0.25, 0.3) is 6.08 Å². The Bertz CT molecular complexity index is 1160. The van der Waals surface area contributed by atoms with Crippen molar-refractivity contribution in [1.82, 2.24) is 5.43 Å². The molecule has 0 heterocycles. The molecule has 0 unspecified atom stereocenters. The number of non-ortho nitro benzene ring substituents is 1. The highest BCUT2D eigenvalue weighted by Crippen LogP contribution is 2.27. The zero-order valence-corrected chi connectivity index (χ0v) is 17.5. The van der Waals surface area contributed by atoms with Crippen LogP contribution in [0.4, 0.5) is 5.69 Å². The first-order valence-corrected chi connectivity index (χ1v) is 9.60. The number of nitro groups is 1. The van der Waals surface area contributed by atoms with Gasteiger partial charge in [-0.2, -0.15) is 5.10 Å². The first kappa shape index (κ1) is 22.2. The number of benzene rings is 3. The zero-order valence-electron chi connectivity index (χ0n) is 17.5. The van der Waals surface area contributed by atoms with Crippen molar-refractivity contribution >= 4 is 23.4 Å². The van der Waals surface area contributed by atoms with Crippen LogP contribution in [0.5, 0.6) is 11.5 Å². The fourth-order valence-electron chi connectivity index (χ4n) is 2.84. The van der Waals surface area contributed by atoms with Crippen molar-refractivity contribution in [3.8, 4) is 11.5 Å². The van der Waals surface area contributed by atoms with Crippen LogP contribution in [-0.2, 0) is 0 Å². The van der Waals surface area contributed by atoms with Crippen molar-refractivity contribution in [3.63, 3.8) is 0 Å². The third-order valence-electron chi connectivity index (χ3n) is 4.53. The summed E-state index contributed by atoms with van der Waals surface area (Å²) >= 11 is 0. The number of allylic oxidation sites excluding steroid dienone is 1. The van der Waals surface area contributed by atoms with Crippen LogP contribution < -0.4 is 14.9 Å². The summed E-state index contributed by atoms with van der Waals surface area (Å²) in [7, 11) is 3.01. The third kappa shape index (κ3) is 5.57. The number of carbonyl (C=O) groups excluding carboxylic acids is 1. The number of nitrogens with zero attached hydrogens (tertiary/aromatic N) is 2. The smallest absolute Gasteiger partial charge is 0.271 e. The Hall–Kier alpha value is -4.46. The second kappa shape index (κ2) is 10.5. The second-order valence-corrected chi connectivity index (χ2v) is 6.56. The molecule has 0 atom stereocenters. The molecule has 0 bridgehead atoms. The number of hydrazone groups is 1. The van der Waals surface area contributed by atoms with Gasteiger partial charge in [0.1, 0.15) is 0 Å². The predicted octanol–water partition coefficient (Wildman–Crippen LogP) is 4.46. The molecule has 162 valence electrons. The topological polar surface area (TPSA) is 103 Å². The van der Waals surface area contributed by atoms with Crippen molar-refractivity contribution in [3.05, 3.63) is 106 Å². The van der Waals surface area contributed by atoms with E-state index in [1.807, 2.05) is 30.3 Å². The molecule has 3 aromatic carbocycles. The molecular weight excluding hydrogens is 410 g/mol. The fraction of sp³-hybridized carbons (Fsp3) is 0.0833. The van der Waals surface area contributed by atoms with Gasteiger partial charge in [0.15, 0.2) is 11.5 Å². The van der Waals surface area contributed by atoms with Crippen LogP contribution in [0.1, 0.15) is 21.5 Å². The molecule has 0 aliphatic heterocycles. The number of nitrogens with one attached hydrogen (secondary N) is 1. The van der Waals surface area contributed by atoms with E-state index in [2.05, 4.69) is 10.5 Å². The van der Waals surface area contributed by atoms with E-state index < -0.39 is 10.8 Å². The fourth-order valence-corrected chi connectivity index (χ4v) is 2.84. The Kier molecular flexibility index (Phi) is 7.32. The van der Waals surface area contributed by atoms with Gasteiger partial charge in [-0.25, -0.2) is 5.43 Å². The lowest BCUT2D eigenvalue weighted by Crippen LogP contribution is -2.19. The lowest BCUT2D eigenvalue weighted by molar-refractivity contribution is -0.384. The molecule has 0 fully saturated rings. The van der Waals surface area contributed by atoms with E-state index >= 15 is 0 Å². The molecule has 0 aliphatic carbocycles. The Morgan fingerprint density at radius 1 is 0.938 bits per heavy atom. The van der Waals surface area contributed by atoms with Gasteiger partial charge in [0.2, 0.25) is 0 Å². The van der Waals surface area contributed by atoms with Gasteiger partial charge in [0.05, 0.1) is 24.9 Å².